The lowest BCUT2D eigenvalue weighted by Gasteiger charge is -2.47. The first-order valence-electron chi connectivity index (χ1n) is 20.3. The largest absolute Gasteiger partial charge is 0.455 e. The number of furan rings is 1. The number of hydrogen-bond acceptors (Lipinski definition) is 4. The second-order valence-electron chi connectivity index (χ2n) is 16.3. The van der Waals surface area contributed by atoms with Gasteiger partial charge in [-0.3, -0.25) is 9.97 Å². The molecule has 9 aromatic rings. The molecule has 4 aromatic heterocycles. The van der Waals surface area contributed by atoms with Crippen LogP contribution in [0, 0.1) is 23.7 Å². The van der Waals surface area contributed by atoms with Gasteiger partial charge in [-0.15, -0.1) is 0 Å². The summed E-state index contributed by atoms with van der Waals surface area (Å²) in [5.41, 5.74) is 16.2. The number of para-hydroxylation sites is 2. The number of hydrogen-bond donors (Lipinski definition) is 0. The van der Waals surface area contributed by atoms with Crippen molar-refractivity contribution in [3.63, 3.8) is 0 Å². The van der Waals surface area contributed by atoms with Crippen LogP contribution in [0.25, 0.3) is 87.8 Å². The van der Waals surface area contributed by atoms with Crippen molar-refractivity contribution < 1.29 is 4.42 Å². The Bertz CT molecular complexity index is 3480. The third-order valence-corrected chi connectivity index (χ3v) is 13.4. The maximum atomic E-state index is 6.57. The van der Waals surface area contributed by atoms with E-state index in [0.29, 0.717) is 23.7 Å². The zero-order chi connectivity index (χ0) is 38.1. The third kappa shape index (κ3) is 4.43. The van der Waals surface area contributed by atoms with Crippen molar-refractivity contribution in [2.75, 3.05) is 0 Å². The molecule has 0 amide bonds. The highest BCUT2D eigenvalue weighted by Crippen LogP contribution is 2.57. The molecule has 0 spiro atoms. The Hall–Kier alpha value is -7.17. The van der Waals surface area contributed by atoms with E-state index in [4.69, 9.17) is 19.4 Å². The topological polar surface area (TPSA) is 51.8 Å². The molecule has 0 N–H and O–H groups in total. The minimum absolute atomic E-state index is 0.305. The van der Waals surface area contributed by atoms with Gasteiger partial charge in [0, 0.05) is 67.5 Å². The first-order chi connectivity index (χ1) is 28.7. The van der Waals surface area contributed by atoms with Crippen LogP contribution in [-0.2, 0) is 0 Å². The molecule has 272 valence electrons. The number of nitrogens with zero attached hydrogens (tertiary/aromatic N) is 3. The molecular formula is C54H35N3O. The summed E-state index contributed by atoms with van der Waals surface area (Å²) < 4.78 is 6.57. The first kappa shape index (κ1) is 32.0. The Balaban J connectivity index is 0.913. The summed E-state index contributed by atoms with van der Waals surface area (Å²) in [5.74, 6) is 1.41. The van der Waals surface area contributed by atoms with Crippen LogP contribution in [0.5, 0.6) is 0 Å². The molecular weight excluding hydrogens is 707 g/mol. The van der Waals surface area contributed by atoms with E-state index in [-0.39, 0.29) is 0 Å². The van der Waals surface area contributed by atoms with Crippen LogP contribution in [0.15, 0.2) is 191 Å². The number of fused-ring (bicyclic) bond motifs is 10. The molecule has 13 rings (SSSR count). The number of allylic oxidation sites excluding steroid dienone is 12. The zero-order valence-electron chi connectivity index (χ0n) is 31.7. The monoisotopic (exact) mass is 741 g/mol. The Kier molecular flexibility index (Phi) is 6.57. The van der Waals surface area contributed by atoms with Crippen molar-refractivity contribution in [1.29, 1.82) is 0 Å². The Morgan fingerprint density at radius 1 is 0.603 bits per heavy atom. The molecule has 0 fully saturated rings. The number of pyridine rings is 3. The van der Waals surface area contributed by atoms with Crippen molar-refractivity contribution in [3.8, 4) is 11.3 Å². The maximum absolute atomic E-state index is 6.57. The van der Waals surface area contributed by atoms with Crippen LogP contribution in [0.4, 0.5) is 0 Å². The van der Waals surface area contributed by atoms with Crippen molar-refractivity contribution >= 4 is 76.6 Å². The molecule has 4 unspecified atom stereocenters. The summed E-state index contributed by atoms with van der Waals surface area (Å²) in [6.07, 6.45) is 20.6. The van der Waals surface area contributed by atoms with Gasteiger partial charge < -0.3 is 4.42 Å². The van der Waals surface area contributed by atoms with E-state index in [1.165, 1.54) is 39.0 Å². The molecule has 4 heteroatoms. The lowest BCUT2D eigenvalue weighted by atomic mass is 9.56. The fourth-order valence-corrected chi connectivity index (χ4v) is 10.7. The molecule has 4 aliphatic carbocycles. The van der Waals surface area contributed by atoms with Gasteiger partial charge in [0.05, 0.1) is 22.2 Å². The van der Waals surface area contributed by atoms with Crippen molar-refractivity contribution in [2.24, 2.45) is 23.7 Å². The average Bonchev–Trinajstić information content (AvgIpc) is 3.67. The van der Waals surface area contributed by atoms with Crippen LogP contribution in [-0.4, -0.2) is 15.0 Å². The Morgan fingerprint density at radius 3 is 2.28 bits per heavy atom. The standard InChI is InChI=1S/C54H35N3O/c1-30-36-21-18-32-19-22-37(45-29-35-8-6-26-55-52(35)53-40(45)11-7-27-56-53)39-23-20-34(49(36)48(32)39)28-44(30)31-14-16-33(17-15-31)51-43-25-24-41-38-9-3-5-13-47(38)58-54(41)50(43)42-10-2-4-12-46(42)57-51/h2-30,36,48-49H,1H3. The lowest BCUT2D eigenvalue weighted by molar-refractivity contribution is 0.314. The lowest BCUT2D eigenvalue weighted by Crippen LogP contribution is -2.38. The molecule has 0 saturated carbocycles. The van der Waals surface area contributed by atoms with E-state index in [1.807, 2.05) is 30.6 Å². The van der Waals surface area contributed by atoms with Gasteiger partial charge in [0.1, 0.15) is 11.2 Å². The van der Waals surface area contributed by atoms with Crippen LogP contribution < -0.4 is 0 Å². The molecule has 0 bridgehead atoms. The quantitative estimate of drug-likeness (QED) is 0.169. The zero-order valence-corrected chi connectivity index (χ0v) is 31.7. The predicted molar refractivity (Wildman–Crippen MR) is 238 cm³/mol. The summed E-state index contributed by atoms with van der Waals surface area (Å²) in [6.45, 7) is 2.42. The predicted octanol–water partition coefficient (Wildman–Crippen LogP) is 13.4. The number of benzene rings is 5. The molecule has 4 nitrogen and oxygen atoms in total. The number of aromatic nitrogens is 3. The van der Waals surface area contributed by atoms with Gasteiger partial charge in [0.25, 0.3) is 0 Å². The summed E-state index contributed by atoms with van der Waals surface area (Å²) in [6, 6.07) is 41.0. The molecule has 4 aliphatic rings. The molecule has 0 saturated heterocycles. The van der Waals surface area contributed by atoms with Crippen LogP contribution in [0.2, 0.25) is 0 Å². The Labute approximate surface area is 334 Å². The van der Waals surface area contributed by atoms with E-state index < -0.39 is 0 Å². The third-order valence-electron chi connectivity index (χ3n) is 13.4. The van der Waals surface area contributed by atoms with Gasteiger partial charge in [-0.05, 0) is 87.2 Å². The number of rotatable bonds is 3. The van der Waals surface area contributed by atoms with Crippen molar-refractivity contribution in [1.82, 2.24) is 15.0 Å². The van der Waals surface area contributed by atoms with Gasteiger partial charge in [0.15, 0.2) is 0 Å². The van der Waals surface area contributed by atoms with Crippen molar-refractivity contribution in [2.45, 2.75) is 6.92 Å². The van der Waals surface area contributed by atoms with E-state index in [0.717, 1.165) is 76.7 Å². The van der Waals surface area contributed by atoms with Gasteiger partial charge in [-0.1, -0.05) is 128 Å². The van der Waals surface area contributed by atoms with Gasteiger partial charge in [-0.25, -0.2) is 4.98 Å². The highest BCUT2D eigenvalue weighted by Gasteiger charge is 2.45. The van der Waals surface area contributed by atoms with E-state index >= 15 is 0 Å². The smallest absolute Gasteiger partial charge is 0.144 e. The first-order valence-corrected chi connectivity index (χ1v) is 20.3. The Morgan fingerprint density at radius 2 is 1.36 bits per heavy atom. The SMILES string of the molecule is CC1C(c2ccc(-c3nc4ccccc4c4c3ccc3c5ccccc5oc34)cc2)=CC2=CC=C3C(c4cc5cccnc5c5ncccc45)=CC=C4C=CC1C2C43. The fraction of sp³-hybridized carbons (Fsp3) is 0.0926. The van der Waals surface area contributed by atoms with Gasteiger partial charge in [0.2, 0.25) is 0 Å². The maximum Gasteiger partial charge on any atom is 0.144 e. The molecule has 0 aliphatic heterocycles. The van der Waals surface area contributed by atoms with Crippen LogP contribution in [0.1, 0.15) is 18.1 Å². The molecule has 5 aromatic carbocycles. The minimum Gasteiger partial charge on any atom is -0.455 e. The fourth-order valence-electron chi connectivity index (χ4n) is 10.7. The summed E-state index contributed by atoms with van der Waals surface area (Å²) >= 11 is 0. The highest BCUT2D eigenvalue weighted by atomic mass is 16.3. The molecule has 4 atom stereocenters. The highest BCUT2D eigenvalue weighted by molar-refractivity contribution is 6.24. The van der Waals surface area contributed by atoms with E-state index in [9.17, 15) is 0 Å². The van der Waals surface area contributed by atoms with E-state index in [2.05, 4.69) is 147 Å². The van der Waals surface area contributed by atoms with Crippen LogP contribution in [0.3, 0.4) is 0 Å². The average molecular weight is 742 g/mol. The summed E-state index contributed by atoms with van der Waals surface area (Å²) in [5, 5.41) is 7.85. The van der Waals surface area contributed by atoms with Crippen LogP contribution >= 0.6 is 0 Å². The summed E-state index contributed by atoms with van der Waals surface area (Å²) in [4.78, 5) is 14.8. The molecule has 0 radical (unpaired) electrons. The molecule has 58 heavy (non-hydrogen) atoms. The van der Waals surface area contributed by atoms with Gasteiger partial charge >= 0.3 is 0 Å². The second-order valence-corrected chi connectivity index (χ2v) is 16.3. The second kappa shape index (κ2) is 11.9. The molecule has 4 heterocycles. The van der Waals surface area contributed by atoms with E-state index in [1.54, 1.807) is 0 Å². The van der Waals surface area contributed by atoms with Gasteiger partial charge in [-0.2, -0.15) is 0 Å². The summed E-state index contributed by atoms with van der Waals surface area (Å²) in [7, 11) is 0. The minimum atomic E-state index is 0.305. The normalized spacial score (nSPS) is 20.9. The van der Waals surface area contributed by atoms with Crippen molar-refractivity contribution in [3.05, 3.63) is 198 Å².